The van der Waals surface area contributed by atoms with Gasteiger partial charge in [0, 0.05) is 43.1 Å². The van der Waals surface area contributed by atoms with E-state index >= 15 is 0 Å². The van der Waals surface area contributed by atoms with E-state index in [0.29, 0.717) is 22.9 Å². The number of carbonyl (C=O) groups is 2. The summed E-state index contributed by atoms with van der Waals surface area (Å²) in [6.07, 6.45) is 5.36. The first-order valence-electron chi connectivity index (χ1n) is 13.1. The molecule has 39 heavy (non-hydrogen) atoms. The molecule has 0 radical (unpaired) electrons. The molecule has 2 aromatic carbocycles. The molecule has 1 aliphatic heterocycles. The average Bonchev–Trinajstić information content (AvgIpc) is 3.65. The van der Waals surface area contributed by atoms with Crippen LogP contribution < -0.4 is 20.7 Å². The zero-order valence-corrected chi connectivity index (χ0v) is 21.9. The molecular formula is C28H33N5O6. The molecule has 206 valence electrons. The van der Waals surface area contributed by atoms with Crippen molar-refractivity contribution in [2.24, 2.45) is 0 Å². The topological polar surface area (TPSA) is 127 Å². The highest BCUT2D eigenvalue weighted by Gasteiger charge is 2.35. The van der Waals surface area contributed by atoms with E-state index in [2.05, 4.69) is 25.8 Å². The fraction of sp³-hybridized carbons (Fsp3) is 0.393. The van der Waals surface area contributed by atoms with Gasteiger partial charge in [0.05, 0.1) is 32.1 Å². The van der Waals surface area contributed by atoms with E-state index in [1.165, 1.54) is 6.39 Å². The predicted molar refractivity (Wildman–Crippen MR) is 145 cm³/mol. The van der Waals surface area contributed by atoms with Crippen molar-refractivity contribution in [3.63, 3.8) is 0 Å². The van der Waals surface area contributed by atoms with Crippen LogP contribution in [0.2, 0.25) is 0 Å². The first-order chi connectivity index (χ1) is 19.1. The standard InChI is InChI=1S/C28H33N5O6/c1-36-25-15-21(8-9-22(25)26-17-29-18-38-26)32-27(34)31-20-5-2-4-19(14-20)16-30-28(35)39-24-7-3-6-23(24)33-10-12-37-13-11-33/h2,4-5,8-9,14-15,17-18,23-24H,3,6-7,10-13,16H2,1H3,(H,30,35)(H2,31,32,34)/t23-,24-/m1/s1. The van der Waals surface area contributed by atoms with E-state index in [9.17, 15) is 9.59 Å². The quantitative estimate of drug-likeness (QED) is 0.386. The number of nitrogens with zero attached hydrogens (tertiary/aromatic N) is 2. The normalized spacial score (nSPS) is 19.3. The van der Waals surface area contributed by atoms with Crippen molar-refractivity contribution < 1.29 is 28.2 Å². The number of hydrogen-bond donors (Lipinski definition) is 3. The zero-order chi connectivity index (χ0) is 27.0. The van der Waals surface area contributed by atoms with Gasteiger partial charge >= 0.3 is 12.1 Å². The van der Waals surface area contributed by atoms with Crippen LogP contribution in [0.4, 0.5) is 21.0 Å². The van der Waals surface area contributed by atoms with Gasteiger partial charge in [-0.1, -0.05) is 12.1 Å². The van der Waals surface area contributed by atoms with Crippen LogP contribution in [0.3, 0.4) is 0 Å². The summed E-state index contributed by atoms with van der Waals surface area (Å²) >= 11 is 0. The lowest BCUT2D eigenvalue weighted by Gasteiger charge is -2.35. The molecule has 0 unspecified atom stereocenters. The van der Waals surface area contributed by atoms with Crippen LogP contribution in [0, 0.1) is 0 Å². The van der Waals surface area contributed by atoms with Crippen LogP contribution in [0.5, 0.6) is 5.75 Å². The lowest BCUT2D eigenvalue weighted by atomic mass is 10.1. The van der Waals surface area contributed by atoms with Gasteiger partial charge in [0.25, 0.3) is 0 Å². The number of amides is 3. The van der Waals surface area contributed by atoms with E-state index in [1.54, 1.807) is 43.6 Å². The Morgan fingerprint density at radius 1 is 1.08 bits per heavy atom. The maximum atomic E-state index is 12.6. The van der Waals surface area contributed by atoms with E-state index in [-0.39, 0.29) is 18.7 Å². The number of anilines is 2. The van der Waals surface area contributed by atoms with E-state index in [0.717, 1.165) is 56.7 Å². The number of rotatable bonds is 8. The molecule has 3 amide bonds. The van der Waals surface area contributed by atoms with Crippen LogP contribution in [0.25, 0.3) is 11.3 Å². The van der Waals surface area contributed by atoms with E-state index in [1.807, 2.05) is 12.1 Å². The van der Waals surface area contributed by atoms with Gasteiger partial charge in [-0.25, -0.2) is 14.6 Å². The Balaban J connectivity index is 1.11. The Morgan fingerprint density at radius 2 is 1.90 bits per heavy atom. The summed E-state index contributed by atoms with van der Waals surface area (Å²) in [6.45, 7) is 3.48. The highest BCUT2D eigenvalue weighted by atomic mass is 16.6. The monoisotopic (exact) mass is 535 g/mol. The second-order valence-electron chi connectivity index (χ2n) is 9.50. The summed E-state index contributed by atoms with van der Waals surface area (Å²) in [6, 6.07) is 12.4. The highest BCUT2D eigenvalue weighted by molar-refractivity contribution is 6.00. The van der Waals surface area contributed by atoms with Gasteiger partial charge < -0.3 is 34.6 Å². The highest BCUT2D eigenvalue weighted by Crippen LogP contribution is 2.32. The maximum absolute atomic E-state index is 12.6. The molecule has 2 aliphatic rings. The smallest absolute Gasteiger partial charge is 0.407 e. The number of aromatic nitrogens is 1. The number of nitrogens with one attached hydrogen (secondary N) is 3. The fourth-order valence-corrected chi connectivity index (χ4v) is 5.10. The number of ether oxygens (including phenoxy) is 3. The van der Waals surface area contributed by atoms with Crippen LogP contribution in [-0.4, -0.2) is 67.6 Å². The molecule has 1 saturated carbocycles. The minimum absolute atomic E-state index is 0.108. The fourth-order valence-electron chi connectivity index (χ4n) is 5.10. The van der Waals surface area contributed by atoms with Crippen molar-refractivity contribution in [2.45, 2.75) is 38.0 Å². The summed E-state index contributed by atoms with van der Waals surface area (Å²) in [5.41, 5.74) is 2.70. The molecule has 2 heterocycles. The van der Waals surface area contributed by atoms with Crippen molar-refractivity contribution in [3.8, 4) is 17.1 Å². The maximum Gasteiger partial charge on any atom is 0.407 e. The van der Waals surface area contributed by atoms with Crippen molar-refractivity contribution in [1.82, 2.24) is 15.2 Å². The minimum Gasteiger partial charge on any atom is -0.496 e. The lowest BCUT2D eigenvalue weighted by molar-refractivity contribution is -0.0164. The van der Waals surface area contributed by atoms with Crippen LogP contribution in [0.15, 0.2) is 59.5 Å². The number of methoxy groups -OCH3 is 1. The molecule has 2 fully saturated rings. The van der Waals surface area contributed by atoms with E-state index in [4.69, 9.17) is 18.6 Å². The van der Waals surface area contributed by atoms with Crippen molar-refractivity contribution in [3.05, 3.63) is 60.6 Å². The van der Waals surface area contributed by atoms with Crippen LogP contribution >= 0.6 is 0 Å². The van der Waals surface area contributed by atoms with Crippen molar-refractivity contribution in [2.75, 3.05) is 44.0 Å². The first-order valence-corrected chi connectivity index (χ1v) is 13.1. The third-order valence-corrected chi connectivity index (χ3v) is 6.97. The first kappa shape index (κ1) is 26.5. The number of morpholine rings is 1. The second-order valence-corrected chi connectivity index (χ2v) is 9.50. The van der Waals surface area contributed by atoms with Crippen molar-refractivity contribution in [1.29, 1.82) is 0 Å². The molecule has 3 aromatic rings. The molecule has 1 aliphatic carbocycles. The second kappa shape index (κ2) is 12.6. The number of benzene rings is 2. The summed E-state index contributed by atoms with van der Waals surface area (Å²) in [7, 11) is 1.55. The molecule has 11 heteroatoms. The Kier molecular flexibility index (Phi) is 8.59. The Labute approximate surface area is 226 Å². The molecule has 3 N–H and O–H groups in total. The van der Waals surface area contributed by atoms with Gasteiger partial charge in [0.2, 0.25) is 0 Å². The molecule has 2 atom stereocenters. The lowest BCUT2D eigenvalue weighted by Crippen LogP contribution is -2.48. The number of carbonyl (C=O) groups excluding carboxylic acids is 2. The number of alkyl carbamates (subject to hydrolysis) is 1. The third-order valence-electron chi connectivity index (χ3n) is 6.97. The van der Waals surface area contributed by atoms with Gasteiger partial charge in [-0.15, -0.1) is 0 Å². The van der Waals surface area contributed by atoms with Gasteiger partial charge in [-0.3, -0.25) is 4.90 Å². The van der Waals surface area contributed by atoms with Crippen molar-refractivity contribution >= 4 is 23.5 Å². The Hall–Kier alpha value is -4.09. The number of urea groups is 1. The predicted octanol–water partition coefficient (Wildman–Crippen LogP) is 4.47. The zero-order valence-electron chi connectivity index (χ0n) is 21.9. The largest absolute Gasteiger partial charge is 0.496 e. The minimum atomic E-state index is -0.431. The van der Waals surface area contributed by atoms with Gasteiger partial charge in [0.1, 0.15) is 11.9 Å². The third kappa shape index (κ3) is 6.87. The molecule has 0 spiro atoms. The van der Waals surface area contributed by atoms with Gasteiger partial charge in [-0.2, -0.15) is 0 Å². The summed E-state index contributed by atoms with van der Waals surface area (Å²) < 4.78 is 22.0. The summed E-state index contributed by atoms with van der Waals surface area (Å²) in [4.78, 5) is 31.5. The molecule has 1 saturated heterocycles. The van der Waals surface area contributed by atoms with Gasteiger partial charge in [0.15, 0.2) is 12.2 Å². The summed E-state index contributed by atoms with van der Waals surface area (Å²) in [5, 5.41) is 8.46. The van der Waals surface area contributed by atoms with Crippen LogP contribution in [-0.2, 0) is 16.0 Å². The Morgan fingerprint density at radius 3 is 2.67 bits per heavy atom. The molecule has 0 bridgehead atoms. The van der Waals surface area contributed by atoms with E-state index < -0.39 is 12.1 Å². The molecular weight excluding hydrogens is 502 g/mol. The molecule has 1 aromatic heterocycles. The SMILES string of the molecule is COc1cc(NC(=O)Nc2cccc(CNC(=O)O[C@@H]3CCC[C@H]3N3CCOCC3)c2)ccc1-c1cnco1. The Bertz CT molecular complexity index is 1260. The number of hydrogen-bond acceptors (Lipinski definition) is 8. The molecule has 5 rings (SSSR count). The number of oxazole rings is 1. The van der Waals surface area contributed by atoms with Crippen LogP contribution in [0.1, 0.15) is 24.8 Å². The summed E-state index contributed by atoms with van der Waals surface area (Å²) in [5.74, 6) is 1.11. The van der Waals surface area contributed by atoms with Gasteiger partial charge in [-0.05, 0) is 49.1 Å². The average molecular weight is 536 g/mol. The molecule has 11 nitrogen and oxygen atoms in total.